The zero-order valence-electron chi connectivity index (χ0n) is 11.8. The van der Waals surface area contributed by atoms with Crippen LogP contribution in [0.15, 0.2) is 0 Å². The second-order valence-electron chi connectivity index (χ2n) is 7.04. The van der Waals surface area contributed by atoms with Gasteiger partial charge in [-0.15, -0.1) is 0 Å². The Morgan fingerprint density at radius 1 is 1.06 bits per heavy atom. The minimum absolute atomic E-state index is 0.306. The van der Waals surface area contributed by atoms with Gasteiger partial charge >= 0.3 is 0 Å². The highest BCUT2D eigenvalue weighted by Crippen LogP contribution is 2.55. The smallest absolute Gasteiger partial charge is 0.201 e. The summed E-state index contributed by atoms with van der Waals surface area (Å²) in [6, 6.07) is 0. The molecule has 1 spiro atoms. The molecule has 0 amide bonds. The Labute approximate surface area is 109 Å². The van der Waals surface area contributed by atoms with Gasteiger partial charge < -0.3 is 9.47 Å². The van der Waals surface area contributed by atoms with E-state index in [9.17, 15) is 0 Å². The Morgan fingerprint density at radius 3 is 2.56 bits per heavy atom. The van der Waals surface area contributed by atoms with E-state index in [0.29, 0.717) is 11.3 Å². The van der Waals surface area contributed by atoms with Crippen molar-refractivity contribution in [2.45, 2.75) is 70.6 Å². The van der Waals surface area contributed by atoms with Crippen molar-refractivity contribution in [2.75, 3.05) is 7.11 Å². The van der Waals surface area contributed by atoms with Gasteiger partial charge in [0.25, 0.3) is 0 Å². The van der Waals surface area contributed by atoms with E-state index in [-0.39, 0.29) is 6.29 Å². The third-order valence-corrected chi connectivity index (χ3v) is 4.97. The summed E-state index contributed by atoms with van der Waals surface area (Å²) in [5.74, 6) is -0.191. The molecule has 4 nitrogen and oxygen atoms in total. The second kappa shape index (κ2) is 3.92. The maximum atomic E-state index is 6.01. The summed E-state index contributed by atoms with van der Waals surface area (Å²) in [4.78, 5) is 11.4. The van der Waals surface area contributed by atoms with Crippen LogP contribution in [0.3, 0.4) is 0 Å². The van der Waals surface area contributed by atoms with Gasteiger partial charge in [-0.05, 0) is 43.9 Å². The monoisotopic (exact) mass is 256 g/mol. The molecule has 1 aliphatic carbocycles. The lowest BCUT2D eigenvalue weighted by Gasteiger charge is -2.52. The van der Waals surface area contributed by atoms with Crippen LogP contribution in [-0.4, -0.2) is 24.8 Å². The van der Waals surface area contributed by atoms with Gasteiger partial charge in [-0.25, -0.2) is 9.78 Å². The van der Waals surface area contributed by atoms with Crippen LogP contribution in [0.1, 0.15) is 52.9 Å². The van der Waals surface area contributed by atoms with Gasteiger partial charge in [0, 0.05) is 13.5 Å². The molecule has 0 aromatic heterocycles. The highest BCUT2D eigenvalue weighted by molar-refractivity contribution is 5.02. The summed E-state index contributed by atoms with van der Waals surface area (Å²) in [6.45, 7) is 6.61. The Bertz CT molecular complexity index is 343. The van der Waals surface area contributed by atoms with Gasteiger partial charge in [0.2, 0.25) is 5.79 Å². The number of hydrogen-bond donors (Lipinski definition) is 0. The van der Waals surface area contributed by atoms with Crippen LogP contribution in [0.5, 0.6) is 0 Å². The zero-order valence-corrected chi connectivity index (χ0v) is 11.8. The van der Waals surface area contributed by atoms with Gasteiger partial charge in [-0.3, -0.25) is 0 Å². The predicted octanol–water partition coefficient (Wildman–Crippen LogP) is 3.01. The van der Waals surface area contributed by atoms with E-state index >= 15 is 0 Å². The molecule has 4 atom stereocenters. The summed E-state index contributed by atoms with van der Waals surface area (Å²) in [7, 11) is 1.70. The van der Waals surface area contributed by atoms with Crippen molar-refractivity contribution in [3.05, 3.63) is 0 Å². The van der Waals surface area contributed by atoms with Crippen LogP contribution < -0.4 is 0 Å². The molecule has 104 valence electrons. The van der Waals surface area contributed by atoms with Crippen molar-refractivity contribution in [3.8, 4) is 0 Å². The van der Waals surface area contributed by atoms with E-state index in [1.807, 2.05) is 6.92 Å². The molecule has 0 aromatic rings. The van der Waals surface area contributed by atoms with Gasteiger partial charge in [-0.1, -0.05) is 13.8 Å². The lowest BCUT2D eigenvalue weighted by atomic mass is 9.63. The minimum Gasteiger partial charge on any atom is -0.353 e. The highest BCUT2D eigenvalue weighted by Gasteiger charge is 2.61. The number of ether oxygens (including phenoxy) is 2. The quantitative estimate of drug-likeness (QED) is 0.676. The van der Waals surface area contributed by atoms with Crippen molar-refractivity contribution in [1.82, 2.24) is 0 Å². The fourth-order valence-electron chi connectivity index (χ4n) is 3.78. The Kier molecular flexibility index (Phi) is 2.80. The number of fused-ring (bicyclic) bond motifs is 3. The first-order valence-corrected chi connectivity index (χ1v) is 6.97. The molecule has 1 saturated carbocycles. The summed E-state index contributed by atoms with van der Waals surface area (Å²) in [6.07, 6.45) is 4.86. The SMILES string of the molecule is COC1O[C@]2(C)CC[C@@H]3CC(C)(C)CC[C@]13OO2. The molecule has 3 heterocycles. The van der Waals surface area contributed by atoms with Crippen LogP contribution in [0.4, 0.5) is 0 Å². The first kappa shape index (κ1) is 12.9. The Morgan fingerprint density at radius 2 is 1.83 bits per heavy atom. The van der Waals surface area contributed by atoms with Crippen molar-refractivity contribution < 1.29 is 19.2 Å². The van der Waals surface area contributed by atoms with Crippen LogP contribution in [0, 0.1) is 11.3 Å². The topological polar surface area (TPSA) is 36.9 Å². The van der Waals surface area contributed by atoms with E-state index in [4.69, 9.17) is 19.2 Å². The largest absolute Gasteiger partial charge is 0.353 e. The van der Waals surface area contributed by atoms with Crippen LogP contribution >= 0.6 is 0 Å². The van der Waals surface area contributed by atoms with Gasteiger partial charge in [0.15, 0.2) is 11.9 Å². The van der Waals surface area contributed by atoms with Crippen molar-refractivity contribution in [2.24, 2.45) is 11.3 Å². The van der Waals surface area contributed by atoms with Gasteiger partial charge in [-0.2, -0.15) is 0 Å². The van der Waals surface area contributed by atoms with Gasteiger partial charge in [0.05, 0.1) is 0 Å². The molecular formula is C14H24O4. The molecule has 3 aliphatic heterocycles. The Balaban J connectivity index is 1.95. The molecule has 4 heteroatoms. The molecule has 1 unspecified atom stereocenters. The number of rotatable bonds is 1. The van der Waals surface area contributed by atoms with Crippen molar-refractivity contribution >= 4 is 0 Å². The number of methoxy groups -OCH3 is 1. The van der Waals surface area contributed by atoms with E-state index < -0.39 is 11.4 Å². The van der Waals surface area contributed by atoms with E-state index in [1.54, 1.807) is 7.11 Å². The van der Waals surface area contributed by atoms with Gasteiger partial charge in [0.1, 0.15) is 0 Å². The normalized spacial score (nSPS) is 50.7. The zero-order chi connectivity index (χ0) is 13.0. The molecule has 4 fully saturated rings. The maximum Gasteiger partial charge on any atom is 0.201 e. The average Bonchev–Trinajstić information content (AvgIpc) is 2.53. The van der Waals surface area contributed by atoms with Crippen molar-refractivity contribution in [3.63, 3.8) is 0 Å². The van der Waals surface area contributed by atoms with Crippen molar-refractivity contribution in [1.29, 1.82) is 0 Å². The summed E-state index contributed by atoms with van der Waals surface area (Å²) < 4.78 is 11.6. The molecule has 4 aliphatic rings. The molecule has 4 rings (SSSR count). The maximum absolute atomic E-state index is 6.01. The highest BCUT2D eigenvalue weighted by atomic mass is 17.3. The van der Waals surface area contributed by atoms with Crippen LogP contribution in [0.25, 0.3) is 0 Å². The first-order chi connectivity index (χ1) is 8.39. The lowest BCUT2D eigenvalue weighted by molar-refractivity contribution is -0.548. The van der Waals surface area contributed by atoms with E-state index in [0.717, 1.165) is 32.1 Å². The molecule has 0 aromatic carbocycles. The van der Waals surface area contributed by atoms with Crippen LogP contribution in [0.2, 0.25) is 0 Å². The molecular weight excluding hydrogens is 232 g/mol. The standard InChI is InChI=1S/C14H24O4/c1-12(2)7-8-14-10(9-12)5-6-13(3,17-18-14)16-11(14)15-4/h10-11H,5-9H2,1-4H3/t10-,11?,13+,14-/m1/s1. The molecule has 18 heavy (non-hydrogen) atoms. The fraction of sp³-hybridized carbons (Fsp3) is 1.00. The van der Waals surface area contributed by atoms with E-state index in [1.165, 1.54) is 0 Å². The second-order valence-corrected chi connectivity index (χ2v) is 7.04. The van der Waals surface area contributed by atoms with Crippen LogP contribution in [-0.2, 0) is 19.2 Å². The lowest BCUT2D eigenvalue weighted by Crippen LogP contribution is -2.60. The molecule has 3 saturated heterocycles. The third kappa shape index (κ3) is 1.82. The fourth-order valence-corrected chi connectivity index (χ4v) is 3.78. The first-order valence-electron chi connectivity index (χ1n) is 6.97. The Hall–Kier alpha value is -0.160. The summed E-state index contributed by atoms with van der Waals surface area (Å²) in [5, 5.41) is 0. The summed E-state index contributed by atoms with van der Waals surface area (Å²) >= 11 is 0. The molecule has 2 bridgehead atoms. The predicted molar refractivity (Wildman–Crippen MR) is 65.5 cm³/mol. The third-order valence-electron chi connectivity index (χ3n) is 4.97. The number of hydrogen-bond acceptors (Lipinski definition) is 4. The average molecular weight is 256 g/mol. The molecule has 0 N–H and O–H groups in total. The minimum atomic E-state index is -0.645. The summed E-state index contributed by atoms with van der Waals surface area (Å²) in [5.41, 5.74) is -0.0266. The molecule has 0 radical (unpaired) electrons. The van der Waals surface area contributed by atoms with E-state index in [2.05, 4.69) is 13.8 Å².